The Kier molecular flexibility index (Phi) is 5.52. The minimum atomic E-state index is -3.45. The second-order valence-electron chi connectivity index (χ2n) is 6.74. The Morgan fingerprint density at radius 3 is 2.44 bits per heavy atom. The van der Waals surface area contributed by atoms with Crippen LogP contribution < -0.4 is 16.6 Å². The van der Waals surface area contributed by atoms with E-state index in [1.54, 1.807) is 6.07 Å². The molecular weight excluding hydrogens is 340 g/mol. The average Bonchev–Trinajstić information content (AvgIpc) is 2.47. The highest BCUT2D eigenvalue weighted by Gasteiger charge is 2.18. The van der Waals surface area contributed by atoms with Crippen molar-refractivity contribution >= 4 is 21.3 Å². The molecular formula is C17H24N4O3S. The molecule has 0 spiro atoms. The van der Waals surface area contributed by atoms with Gasteiger partial charge < -0.3 is 16.0 Å². The van der Waals surface area contributed by atoms with E-state index in [1.165, 1.54) is 18.3 Å². The number of H-pyrrole nitrogens is 1. The molecule has 0 saturated carbocycles. The largest absolute Gasteiger partial charge is 0.399 e. The lowest BCUT2D eigenvalue weighted by atomic mass is 10.1. The van der Waals surface area contributed by atoms with Gasteiger partial charge in [0.25, 0.3) is 5.56 Å². The van der Waals surface area contributed by atoms with Crippen LogP contribution in [-0.2, 0) is 9.84 Å². The average molecular weight is 364 g/mol. The van der Waals surface area contributed by atoms with Gasteiger partial charge in [0.05, 0.1) is 22.5 Å². The zero-order chi connectivity index (χ0) is 18.8. The highest BCUT2D eigenvalue weighted by Crippen LogP contribution is 2.25. The molecule has 2 aromatic rings. The molecule has 0 aliphatic carbocycles. The summed E-state index contributed by atoms with van der Waals surface area (Å²) in [4.78, 5) is 19.1. The fourth-order valence-corrected chi connectivity index (χ4v) is 4.11. The molecule has 136 valence electrons. The summed E-state index contributed by atoms with van der Waals surface area (Å²) in [7, 11) is -3.45. The van der Waals surface area contributed by atoms with Crippen LogP contribution in [0.25, 0.3) is 11.3 Å². The van der Waals surface area contributed by atoms with Crippen LogP contribution in [0.4, 0.5) is 11.5 Å². The fraction of sp³-hybridized carbons (Fsp3) is 0.412. The van der Waals surface area contributed by atoms with Gasteiger partial charge in [0.1, 0.15) is 0 Å². The van der Waals surface area contributed by atoms with E-state index in [-0.39, 0.29) is 34.0 Å². The first-order valence-corrected chi connectivity index (χ1v) is 9.73. The summed E-state index contributed by atoms with van der Waals surface area (Å²) in [6, 6.07) is 4.62. The van der Waals surface area contributed by atoms with Gasteiger partial charge in [0.15, 0.2) is 15.7 Å². The van der Waals surface area contributed by atoms with Crippen molar-refractivity contribution in [2.45, 2.75) is 38.6 Å². The maximum Gasteiger partial charge on any atom is 0.291 e. The van der Waals surface area contributed by atoms with Crippen LogP contribution in [0.1, 0.15) is 27.7 Å². The van der Waals surface area contributed by atoms with Crippen LogP contribution in [0.5, 0.6) is 0 Å². The van der Waals surface area contributed by atoms with Crippen LogP contribution in [0, 0.1) is 5.92 Å². The van der Waals surface area contributed by atoms with Crippen molar-refractivity contribution in [2.24, 2.45) is 5.92 Å². The Morgan fingerprint density at radius 1 is 1.20 bits per heavy atom. The number of nitrogens with zero attached hydrogens (tertiary/aromatic N) is 1. The fourth-order valence-electron chi connectivity index (χ4n) is 2.42. The zero-order valence-electron chi connectivity index (χ0n) is 14.8. The first kappa shape index (κ1) is 19.0. The summed E-state index contributed by atoms with van der Waals surface area (Å²) in [5, 5.41) is 2.94. The van der Waals surface area contributed by atoms with Crippen molar-refractivity contribution in [2.75, 3.05) is 16.8 Å². The van der Waals surface area contributed by atoms with E-state index in [0.717, 1.165) is 0 Å². The van der Waals surface area contributed by atoms with Crippen LogP contribution in [0.3, 0.4) is 0 Å². The minimum absolute atomic E-state index is 0.00209. The molecule has 0 atom stereocenters. The third kappa shape index (κ3) is 4.82. The van der Waals surface area contributed by atoms with Gasteiger partial charge in [0, 0.05) is 17.3 Å². The summed E-state index contributed by atoms with van der Waals surface area (Å²) < 4.78 is 24.9. The van der Waals surface area contributed by atoms with Crippen LogP contribution in [-0.4, -0.2) is 30.2 Å². The number of benzene rings is 1. The molecule has 1 heterocycles. The Balaban J connectivity index is 2.47. The van der Waals surface area contributed by atoms with Gasteiger partial charge in [-0.2, -0.15) is 0 Å². The third-order valence-electron chi connectivity index (χ3n) is 3.36. The standard InChI is InChI=1S/C17H24N4O3S/c1-10(2)9-25(23,24)14-6-12(5-13(18)7-14)15-8-19-16(17(22)21-15)20-11(3)4/h5-8,10-11H,9,18H2,1-4H3,(H,19,20)(H,21,22). The molecule has 1 aromatic carbocycles. The Labute approximate surface area is 147 Å². The summed E-state index contributed by atoms with van der Waals surface area (Å²) in [5.41, 5.74) is 6.72. The van der Waals surface area contributed by atoms with Gasteiger partial charge in [-0.15, -0.1) is 0 Å². The number of aromatic nitrogens is 2. The third-order valence-corrected chi connectivity index (χ3v) is 5.42. The molecule has 0 fully saturated rings. The minimum Gasteiger partial charge on any atom is -0.399 e. The van der Waals surface area contributed by atoms with E-state index in [2.05, 4.69) is 15.3 Å². The molecule has 8 heteroatoms. The van der Waals surface area contributed by atoms with Crippen LogP contribution in [0.15, 0.2) is 34.1 Å². The second kappa shape index (κ2) is 7.26. The second-order valence-corrected chi connectivity index (χ2v) is 8.77. The molecule has 7 nitrogen and oxygen atoms in total. The monoisotopic (exact) mass is 364 g/mol. The Hall–Kier alpha value is -2.35. The van der Waals surface area contributed by atoms with Crippen molar-refractivity contribution in [3.05, 3.63) is 34.7 Å². The molecule has 0 saturated heterocycles. The maximum atomic E-state index is 12.5. The molecule has 0 aliphatic heterocycles. The Bertz CT molecular complexity index is 918. The van der Waals surface area contributed by atoms with Crippen molar-refractivity contribution in [3.63, 3.8) is 0 Å². The van der Waals surface area contributed by atoms with Crippen LogP contribution in [0.2, 0.25) is 0 Å². The number of nitrogens with one attached hydrogen (secondary N) is 2. The molecule has 25 heavy (non-hydrogen) atoms. The van der Waals surface area contributed by atoms with Gasteiger partial charge in [-0.05, 0) is 38.0 Å². The number of anilines is 2. The summed E-state index contributed by atoms with van der Waals surface area (Å²) in [5.74, 6) is 0.245. The Morgan fingerprint density at radius 2 is 1.88 bits per heavy atom. The lowest BCUT2D eigenvalue weighted by molar-refractivity contribution is 0.582. The molecule has 0 aliphatic rings. The quantitative estimate of drug-likeness (QED) is 0.677. The van der Waals surface area contributed by atoms with Gasteiger partial charge in [-0.3, -0.25) is 4.79 Å². The van der Waals surface area contributed by atoms with E-state index in [9.17, 15) is 13.2 Å². The molecule has 4 N–H and O–H groups in total. The topological polar surface area (TPSA) is 118 Å². The summed E-state index contributed by atoms with van der Waals surface area (Å²) in [6.45, 7) is 7.48. The highest BCUT2D eigenvalue weighted by atomic mass is 32.2. The van der Waals surface area contributed by atoms with Crippen LogP contribution >= 0.6 is 0 Å². The van der Waals surface area contributed by atoms with E-state index in [0.29, 0.717) is 16.9 Å². The van der Waals surface area contributed by atoms with E-state index in [1.807, 2.05) is 27.7 Å². The van der Waals surface area contributed by atoms with Gasteiger partial charge in [-0.25, -0.2) is 13.4 Å². The maximum absolute atomic E-state index is 12.5. The van der Waals surface area contributed by atoms with E-state index < -0.39 is 9.84 Å². The first-order chi connectivity index (χ1) is 11.6. The van der Waals surface area contributed by atoms with Gasteiger partial charge in [-0.1, -0.05) is 13.8 Å². The SMILES string of the molecule is CC(C)CS(=O)(=O)c1cc(N)cc(-c2cnc(NC(C)C)c(=O)[nH]2)c1. The molecule has 0 amide bonds. The number of hydrogen-bond acceptors (Lipinski definition) is 6. The number of sulfone groups is 1. The molecule has 1 aromatic heterocycles. The van der Waals surface area contributed by atoms with E-state index in [4.69, 9.17) is 5.73 Å². The summed E-state index contributed by atoms with van der Waals surface area (Å²) >= 11 is 0. The van der Waals surface area contributed by atoms with Crippen molar-refractivity contribution < 1.29 is 8.42 Å². The summed E-state index contributed by atoms with van der Waals surface area (Å²) in [6.07, 6.45) is 1.49. The molecule has 0 bridgehead atoms. The number of aromatic amines is 1. The number of rotatable bonds is 6. The smallest absolute Gasteiger partial charge is 0.291 e. The molecule has 0 radical (unpaired) electrons. The van der Waals surface area contributed by atoms with Crippen molar-refractivity contribution in [1.29, 1.82) is 0 Å². The zero-order valence-corrected chi connectivity index (χ0v) is 15.6. The predicted molar refractivity (Wildman–Crippen MR) is 100 cm³/mol. The van der Waals surface area contributed by atoms with Gasteiger partial charge in [0.2, 0.25) is 0 Å². The van der Waals surface area contributed by atoms with Crippen molar-refractivity contribution in [3.8, 4) is 11.3 Å². The highest BCUT2D eigenvalue weighted by molar-refractivity contribution is 7.91. The lowest BCUT2D eigenvalue weighted by Gasteiger charge is -2.11. The van der Waals surface area contributed by atoms with Crippen molar-refractivity contribution in [1.82, 2.24) is 9.97 Å². The number of nitrogen functional groups attached to an aromatic ring is 1. The van der Waals surface area contributed by atoms with E-state index >= 15 is 0 Å². The first-order valence-electron chi connectivity index (χ1n) is 8.08. The number of hydrogen-bond donors (Lipinski definition) is 3. The van der Waals surface area contributed by atoms with Gasteiger partial charge >= 0.3 is 0 Å². The predicted octanol–water partition coefficient (Wildman–Crippen LogP) is 2.27. The lowest BCUT2D eigenvalue weighted by Crippen LogP contribution is -2.21. The number of nitrogens with two attached hydrogens (primary N) is 1. The molecule has 0 unspecified atom stereocenters. The molecule has 2 rings (SSSR count). The normalized spacial score (nSPS) is 11.9.